The first kappa shape index (κ1) is 99.1. The molecule has 0 heterocycles. The molecule has 7 N–H and O–H groups in total. The standard InChI is InChI=1S/C31H68NO12PSi4.C15H36O5Si4.C6H11NO2.C6H11O6P/c1-15-17-30(4,27(34)40-20-22-45(36,37)38)25-31(5,24-29(3,16-2)26(33)39-19-18-32)28(35)41-21-23-49(42-46(6,7)8,43-47(9,10)11)44-48(12,13)14;1-14(2)15(16)17-12-13-24(18-21(3,4)5,19-22(6,7)8)20-23(9,10)11;1-5(2)6(8)9-4-3-7;1-5(2)6(7)11-3-4-12-13(8,9)10/h15-25,32H2,1-14H3,(H2,36,37,38);1,12-13H2,2-11H3;1,3-4,7H2,2H3;1,3-4H2,2H3,(H2,8,9,10)/p-1. The molecular weight excluding hydrogens is 1410 g/mol. The topological polar surface area (TPSA) is 392 Å². The van der Waals surface area contributed by atoms with Gasteiger partial charge in [-0.3, -0.25) is 23.5 Å². The number of carbonyl (C=O) groups excluding carboxylic acids is 6. The summed E-state index contributed by atoms with van der Waals surface area (Å²) in [6.45, 7) is 61.5. The summed E-state index contributed by atoms with van der Waals surface area (Å²) in [5.41, 5.74) is 7.91. The van der Waals surface area contributed by atoms with Crippen LogP contribution < -0.4 is 16.4 Å². The van der Waals surface area contributed by atoms with Crippen molar-refractivity contribution in [2.24, 2.45) is 27.7 Å². The van der Waals surface area contributed by atoms with E-state index in [0.717, 1.165) is 0 Å². The summed E-state index contributed by atoms with van der Waals surface area (Å²) in [6.07, 6.45) is 0.544. The zero-order valence-electron chi connectivity index (χ0n) is 62.5. The normalized spacial score (nSPS) is 15.1. The second kappa shape index (κ2) is 42.9. The van der Waals surface area contributed by atoms with Crippen LogP contribution in [0.3, 0.4) is 0 Å². The Hall–Kier alpha value is -2.28. The van der Waals surface area contributed by atoms with Crippen molar-refractivity contribution in [1.29, 1.82) is 0 Å². The minimum absolute atomic E-state index is 0.00140. The maximum absolute atomic E-state index is 14.4. The van der Waals surface area contributed by atoms with Crippen molar-refractivity contribution in [2.45, 2.75) is 217 Å². The molecule has 0 aromatic heterocycles. The Morgan fingerprint density at radius 2 is 0.705 bits per heavy atom. The molecule has 37 heteroatoms. The highest BCUT2D eigenvalue weighted by Gasteiger charge is 2.54. The number of ether oxygens (including phenoxy) is 6. The van der Waals surface area contributed by atoms with E-state index in [1.54, 1.807) is 34.6 Å². The van der Waals surface area contributed by atoms with Gasteiger partial charge in [0.05, 0.1) is 42.2 Å². The Bertz CT molecular complexity index is 2460. The Labute approximate surface area is 577 Å². The maximum Gasteiger partial charge on any atom is 0.473 e. The average molecular weight is 1540 g/mol. The smallest absolute Gasteiger partial charge is 0.473 e. The fraction of sp³-hybridized carbons (Fsp3) is 0.793. The lowest BCUT2D eigenvalue weighted by molar-refractivity contribution is -0.220. The third-order valence-corrected chi connectivity index (χ3v) is 36.7. The molecule has 27 nitrogen and oxygen atoms in total. The lowest BCUT2D eigenvalue weighted by Crippen LogP contribution is -2.61. The number of phosphoric acid groups is 1. The minimum Gasteiger partial charge on any atom is -0.756 e. The molecule has 0 aromatic rings. The van der Waals surface area contributed by atoms with Crippen LogP contribution in [0.25, 0.3) is 0 Å². The average Bonchev–Trinajstić information content (AvgIpc) is 0.796. The maximum atomic E-state index is 14.4. The van der Waals surface area contributed by atoms with Gasteiger partial charge in [-0.15, -0.1) is 0 Å². The molecule has 0 aliphatic heterocycles. The van der Waals surface area contributed by atoms with Crippen LogP contribution in [0.1, 0.15) is 87.5 Å². The van der Waals surface area contributed by atoms with Gasteiger partial charge < -0.3 is 88.7 Å². The fourth-order valence-electron chi connectivity index (χ4n) is 8.59. The molecular formula is C58H125N2O25P2Si8-. The number of carbonyl (C=O) groups is 6. The molecule has 4 unspecified atom stereocenters. The van der Waals surface area contributed by atoms with Gasteiger partial charge in [0, 0.05) is 41.9 Å². The molecule has 560 valence electrons. The van der Waals surface area contributed by atoms with Crippen LogP contribution in [-0.2, 0) is 95.5 Å². The van der Waals surface area contributed by atoms with E-state index >= 15 is 0 Å². The summed E-state index contributed by atoms with van der Waals surface area (Å²) >= 11 is 0. The van der Waals surface area contributed by atoms with Gasteiger partial charge in [0.2, 0.25) is 0 Å². The third kappa shape index (κ3) is 51.5. The van der Waals surface area contributed by atoms with E-state index in [1.165, 1.54) is 6.92 Å². The first-order valence-corrected chi connectivity index (χ1v) is 59.3. The van der Waals surface area contributed by atoms with Crippen LogP contribution in [0.4, 0.5) is 0 Å². The number of phosphoric ester groups is 1. The van der Waals surface area contributed by atoms with Crippen LogP contribution in [0.15, 0.2) is 36.5 Å². The van der Waals surface area contributed by atoms with Crippen LogP contribution in [0, 0.1) is 16.2 Å². The first-order chi connectivity index (χ1) is 42.4. The van der Waals surface area contributed by atoms with Crippen LogP contribution >= 0.6 is 15.4 Å². The highest BCUT2D eigenvalue weighted by atomic mass is 31.2. The third-order valence-electron chi connectivity index (χ3n) is 11.6. The Morgan fingerprint density at radius 1 is 0.432 bits per heavy atom. The van der Waals surface area contributed by atoms with Crippen LogP contribution in [0.5, 0.6) is 0 Å². The predicted octanol–water partition coefficient (Wildman–Crippen LogP) is 10.5. The van der Waals surface area contributed by atoms with Gasteiger partial charge in [-0.2, -0.15) is 0 Å². The van der Waals surface area contributed by atoms with Crippen molar-refractivity contribution in [3.05, 3.63) is 36.5 Å². The van der Waals surface area contributed by atoms with Crippen molar-refractivity contribution in [1.82, 2.24) is 0 Å². The molecule has 0 saturated heterocycles. The van der Waals surface area contributed by atoms with E-state index in [1.807, 2.05) is 13.8 Å². The molecule has 0 spiro atoms. The number of rotatable bonds is 42. The summed E-state index contributed by atoms with van der Waals surface area (Å²) in [4.78, 5) is 111. The van der Waals surface area contributed by atoms with Gasteiger partial charge >= 0.3 is 61.0 Å². The molecule has 0 aromatic carbocycles. The summed E-state index contributed by atoms with van der Waals surface area (Å²) < 4.78 is 96.3. The van der Waals surface area contributed by atoms with Crippen molar-refractivity contribution >= 4 is 119 Å². The molecule has 0 aliphatic carbocycles. The summed E-state index contributed by atoms with van der Waals surface area (Å²) in [5, 5.41) is 0. The second-order valence-electron chi connectivity index (χ2n) is 29.7. The highest BCUT2D eigenvalue weighted by Crippen LogP contribution is 2.48. The van der Waals surface area contributed by atoms with E-state index in [-0.39, 0.29) is 76.0 Å². The minimum atomic E-state index is -4.71. The number of esters is 6. The monoisotopic (exact) mass is 1540 g/mol. The van der Waals surface area contributed by atoms with E-state index < -0.39 is 142 Å². The van der Waals surface area contributed by atoms with Gasteiger partial charge in [0.25, 0.3) is 7.82 Å². The molecule has 0 fully saturated rings. The Balaban J connectivity index is -0.000000731. The molecule has 0 saturated carbocycles. The molecule has 4 atom stereocenters. The molecule has 0 bridgehead atoms. The van der Waals surface area contributed by atoms with E-state index in [4.69, 9.17) is 60.0 Å². The summed E-state index contributed by atoms with van der Waals surface area (Å²) in [6, 6.07) is 0.735. The van der Waals surface area contributed by atoms with Gasteiger partial charge in [0.15, 0.2) is 49.9 Å². The molecule has 0 rings (SSSR count). The van der Waals surface area contributed by atoms with Crippen LogP contribution in [0.2, 0.25) is 130 Å². The molecule has 0 aliphatic rings. The van der Waals surface area contributed by atoms with Crippen molar-refractivity contribution < 1.29 is 115 Å². The lowest BCUT2D eigenvalue weighted by atomic mass is 9.63. The first-order valence-electron chi connectivity index (χ1n) is 31.7. The summed E-state index contributed by atoms with van der Waals surface area (Å²) in [7, 11) is -27.6. The lowest BCUT2D eigenvalue weighted by Gasteiger charge is -2.43. The SMILES string of the molecule is C=C(C)C(=O)OCCN.C=C(C)C(=O)OCCOP(=O)([O-])O.C=C(C)C(=O)OCC[Si](O[Si](C)(C)C)(O[Si](C)(C)C)O[Si](C)(C)C.CCCC(C)(CC(C)(CC(C)(CC)C(=O)OCCN)C(=O)OCC[Si](O[Si](C)(C)C)(O[Si](C)(C)C)O[Si](C)(C)C)C(=O)OCCP(=O)(O)O. The van der Waals surface area contributed by atoms with Crippen molar-refractivity contribution in [3.8, 4) is 0 Å². The summed E-state index contributed by atoms with van der Waals surface area (Å²) in [5.74, 6) is -3.20. The van der Waals surface area contributed by atoms with Gasteiger partial charge in [-0.1, -0.05) is 40.0 Å². The second-order valence-corrected chi connectivity index (χ2v) is 66.7. The van der Waals surface area contributed by atoms with Crippen molar-refractivity contribution in [2.75, 3.05) is 65.5 Å². The predicted molar refractivity (Wildman–Crippen MR) is 387 cm³/mol. The molecule has 0 radical (unpaired) electrons. The molecule has 0 amide bonds. The van der Waals surface area contributed by atoms with E-state index in [2.05, 4.69) is 152 Å². The van der Waals surface area contributed by atoms with Crippen LogP contribution in [-0.4, -0.2) is 184 Å². The quantitative estimate of drug-likeness (QED) is 0.00946. The molecule has 95 heavy (non-hydrogen) atoms. The zero-order chi connectivity index (χ0) is 75.9. The van der Waals surface area contributed by atoms with E-state index in [0.29, 0.717) is 43.0 Å². The van der Waals surface area contributed by atoms with Gasteiger partial charge in [0.1, 0.15) is 26.4 Å². The van der Waals surface area contributed by atoms with Gasteiger partial charge in [-0.25, -0.2) is 14.4 Å². The Morgan fingerprint density at radius 3 is 1.00 bits per heavy atom. The Kier molecular flexibility index (Phi) is 44.7. The van der Waals surface area contributed by atoms with Gasteiger partial charge in [-0.05, 0) is 185 Å². The number of hydrogen-bond acceptors (Lipinski definition) is 24. The van der Waals surface area contributed by atoms with Crippen molar-refractivity contribution in [3.63, 3.8) is 0 Å². The number of nitrogens with two attached hydrogens (primary N) is 2. The fourth-order valence-corrected chi connectivity index (χ4v) is 38.0. The largest absolute Gasteiger partial charge is 0.756 e. The highest BCUT2D eigenvalue weighted by molar-refractivity contribution is 7.51. The van der Waals surface area contributed by atoms with E-state index in [9.17, 15) is 52.6 Å². The zero-order valence-corrected chi connectivity index (χ0v) is 72.3. The number of hydrogen-bond donors (Lipinski definition) is 5.